The van der Waals surface area contributed by atoms with Crippen molar-refractivity contribution in [1.82, 2.24) is 20.4 Å². The van der Waals surface area contributed by atoms with E-state index in [1.165, 1.54) is 5.56 Å². The smallest absolute Gasteiger partial charge is 0.203 e. The van der Waals surface area contributed by atoms with Crippen molar-refractivity contribution >= 4 is 17.0 Å². The van der Waals surface area contributed by atoms with Gasteiger partial charge in [-0.25, -0.2) is 4.98 Å². The third-order valence-corrected chi connectivity index (χ3v) is 4.50. The Bertz CT molecular complexity index is 1030. The summed E-state index contributed by atoms with van der Waals surface area (Å²) in [7, 11) is 1.67. The first-order valence-electron chi connectivity index (χ1n) is 8.39. The fraction of sp³-hybridized carbons (Fsp3) is 0.150. The third-order valence-electron chi connectivity index (χ3n) is 4.50. The van der Waals surface area contributed by atoms with Crippen LogP contribution in [0.3, 0.4) is 0 Å². The molecule has 4 aromatic rings. The average Bonchev–Trinajstić information content (AvgIpc) is 3.15. The molecule has 0 aliphatic carbocycles. The highest BCUT2D eigenvalue weighted by Gasteiger charge is 2.21. The molecule has 0 aliphatic heterocycles. The molecule has 6 nitrogen and oxygen atoms in total. The molecule has 0 saturated carbocycles. The Morgan fingerprint density at radius 1 is 1.04 bits per heavy atom. The highest BCUT2D eigenvalue weighted by Crippen LogP contribution is 2.34. The largest absolute Gasteiger partial charge is 0.497 e. The third kappa shape index (κ3) is 3.09. The van der Waals surface area contributed by atoms with Crippen LogP contribution < -0.4 is 10.5 Å². The SMILES string of the molecule is COc1cccc(C(Cc2ccccc2)c2cc(N)nc3n[nH]nc23)c1. The number of H-pyrrole nitrogens is 1. The molecule has 2 aromatic heterocycles. The van der Waals surface area contributed by atoms with Crippen LogP contribution in [-0.2, 0) is 6.42 Å². The van der Waals surface area contributed by atoms with Crippen molar-refractivity contribution < 1.29 is 4.74 Å². The van der Waals surface area contributed by atoms with Crippen LogP contribution in [0.1, 0.15) is 22.6 Å². The van der Waals surface area contributed by atoms with Crippen molar-refractivity contribution in [2.45, 2.75) is 12.3 Å². The van der Waals surface area contributed by atoms with E-state index in [0.29, 0.717) is 11.5 Å². The molecule has 0 spiro atoms. The number of anilines is 1. The minimum Gasteiger partial charge on any atom is -0.497 e. The maximum Gasteiger partial charge on any atom is 0.203 e. The highest BCUT2D eigenvalue weighted by molar-refractivity contribution is 5.77. The van der Waals surface area contributed by atoms with Gasteiger partial charge in [0.1, 0.15) is 17.1 Å². The molecule has 0 aliphatic rings. The van der Waals surface area contributed by atoms with Crippen molar-refractivity contribution in [3.05, 3.63) is 77.4 Å². The number of nitrogen functional groups attached to an aromatic ring is 1. The number of hydrogen-bond donors (Lipinski definition) is 2. The van der Waals surface area contributed by atoms with Crippen LogP contribution in [0, 0.1) is 0 Å². The predicted octanol–water partition coefficient (Wildman–Crippen LogP) is 3.32. The van der Waals surface area contributed by atoms with Gasteiger partial charge in [0.2, 0.25) is 5.65 Å². The first kappa shape index (κ1) is 16.1. The van der Waals surface area contributed by atoms with E-state index in [1.807, 2.05) is 36.4 Å². The number of rotatable bonds is 5. The van der Waals surface area contributed by atoms with Gasteiger partial charge in [-0.15, -0.1) is 5.10 Å². The van der Waals surface area contributed by atoms with Crippen molar-refractivity contribution in [3.63, 3.8) is 0 Å². The fourth-order valence-electron chi connectivity index (χ4n) is 3.26. The van der Waals surface area contributed by atoms with Crippen molar-refractivity contribution in [3.8, 4) is 5.75 Å². The van der Waals surface area contributed by atoms with Gasteiger partial charge in [0, 0.05) is 5.92 Å². The number of aromatic nitrogens is 4. The van der Waals surface area contributed by atoms with Crippen LogP contribution in [0.5, 0.6) is 5.75 Å². The molecule has 4 rings (SSSR count). The Balaban J connectivity index is 1.87. The minimum atomic E-state index is 0.0467. The van der Waals surface area contributed by atoms with E-state index in [4.69, 9.17) is 10.5 Å². The molecular weight excluding hydrogens is 326 g/mol. The number of methoxy groups -OCH3 is 1. The molecule has 26 heavy (non-hydrogen) atoms. The van der Waals surface area contributed by atoms with E-state index in [9.17, 15) is 0 Å². The molecule has 6 heteroatoms. The number of pyridine rings is 1. The highest BCUT2D eigenvalue weighted by atomic mass is 16.5. The number of nitrogens with two attached hydrogens (primary N) is 1. The van der Waals surface area contributed by atoms with Gasteiger partial charge in [0.05, 0.1) is 7.11 Å². The van der Waals surface area contributed by atoms with Crippen LogP contribution in [0.2, 0.25) is 0 Å². The first-order chi connectivity index (χ1) is 12.7. The molecular formula is C20H19N5O. The Hall–Kier alpha value is -3.41. The van der Waals surface area contributed by atoms with Crippen LogP contribution in [0.15, 0.2) is 60.7 Å². The van der Waals surface area contributed by atoms with Crippen LogP contribution in [0.25, 0.3) is 11.2 Å². The van der Waals surface area contributed by atoms with E-state index < -0.39 is 0 Å². The van der Waals surface area contributed by atoms with Crippen molar-refractivity contribution in [2.75, 3.05) is 12.8 Å². The molecule has 0 radical (unpaired) electrons. The quantitative estimate of drug-likeness (QED) is 0.579. The molecule has 0 saturated heterocycles. The summed E-state index contributed by atoms with van der Waals surface area (Å²) in [6, 6.07) is 20.3. The summed E-state index contributed by atoms with van der Waals surface area (Å²) < 4.78 is 5.42. The molecule has 130 valence electrons. The van der Waals surface area contributed by atoms with Gasteiger partial charge in [-0.1, -0.05) is 42.5 Å². The normalized spacial score (nSPS) is 12.2. The summed E-state index contributed by atoms with van der Waals surface area (Å²) >= 11 is 0. The van der Waals surface area contributed by atoms with Crippen LogP contribution >= 0.6 is 0 Å². The lowest BCUT2D eigenvalue weighted by molar-refractivity contribution is 0.414. The standard InChI is InChI=1S/C20H19N5O/c1-26-15-9-5-8-14(11-15)16(10-13-6-3-2-4-7-13)17-12-18(21)22-20-19(17)23-25-24-20/h2-9,11-12,16H,10H2,1H3,(H3,21,22,23,24,25). The lowest BCUT2D eigenvalue weighted by Gasteiger charge is -2.19. The van der Waals surface area contributed by atoms with Gasteiger partial charge < -0.3 is 10.5 Å². The second kappa shape index (κ2) is 6.84. The van der Waals surface area contributed by atoms with Gasteiger partial charge in [0.25, 0.3) is 0 Å². The number of nitrogens with zero attached hydrogens (tertiary/aromatic N) is 3. The number of hydrogen-bond acceptors (Lipinski definition) is 5. The molecule has 3 N–H and O–H groups in total. The number of fused-ring (bicyclic) bond motifs is 1. The monoisotopic (exact) mass is 345 g/mol. The zero-order valence-electron chi connectivity index (χ0n) is 14.4. The number of aromatic amines is 1. The summed E-state index contributed by atoms with van der Waals surface area (Å²) in [5, 5.41) is 11.1. The minimum absolute atomic E-state index is 0.0467. The molecule has 1 unspecified atom stereocenters. The average molecular weight is 345 g/mol. The maximum absolute atomic E-state index is 6.03. The second-order valence-corrected chi connectivity index (χ2v) is 6.15. The summed E-state index contributed by atoms with van der Waals surface area (Å²) in [6.45, 7) is 0. The Kier molecular flexibility index (Phi) is 4.23. The molecule has 2 heterocycles. The van der Waals surface area contributed by atoms with Gasteiger partial charge in [-0.3, -0.25) is 0 Å². The zero-order valence-corrected chi connectivity index (χ0v) is 14.4. The summed E-state index contributed by atoms with van der Waals surface area (Å²) in [4.78, 5) is 4.26. The van der Waals surface area contributed by atoms with E-state index >= 15 is 0 Å². The van der Waals surface area contributed by atoms with E-state index in [-0.39, 0.29) is 5.92 Å². The van der Waals surface area contributed by atoms with Crippen molar-refractivity contribution in [1.29, 1.82) is 0 Å². The topological polar surface area (TPSA) is 89.7 Å². The van der Waals surface area contributed by atoms with Gasteiger partial charge in [-0.2, -0.15) is 10.3 Å². The summed E-state index contributed by atoms with van der Waals surface area (Å²) in [5.41, 5.74) is 10.7. The van der Waals surface area contributed by atoms with Gasteiger partial charge in [0.15, 0.2) is 0 Å². The lowest BCUT2D eigenvalue weighted by Crippen LogP contribution is -2.08. The van der Waals surface area contributed by atoms with Gasteiger partial charge >= 0.3 is 0 Å². The first-order valence-corrected chi connectivity index (χ1v) is 8.39. The Morgan fingerprint density at radius 2 is 1.88 bits per heavy atom. The predicted molar refractivity (Wildman–Crippen MR) is 101 cm³/mol. The molecule has 0 fully saturated rings. The zero-order chi connectivity index (χ0) is 17.9. The maximum atomic E-state index is 6.03. The number of nitrogens with one attached hydrogen (secondary N) is 1. The van der Waals surface area contributed by atoms with Gasteiger partial charge in [-0.05, 0) is 41.3 Å². The summed E-state index contributed by atoms with van der Waals surface area (Å²) in [6.07, 6.45) is 0.805. The van der Waals surface area contributed by atoms with E-state index in [2.05, 4.69) is 44.7 Å². The molecule has 2 aromatic carbocycles. The molecule has 0 amide bonds. The molecule has 1 atom stereocenters. The summed E-state index contributed by atoms with van der Waals surface area (Å²) in [5.74, 6) is 1.30. The second-order valence-electron chi connectivity index (χ2n) is 6.15. The van der Waals surface area contributed by atoms with Crippen LogP contribution in [0.4, 0.5) is 5.82 Å². The van der Waals surface area contributed by atoms with Crippen molar-refractivity contribution in [2.24, 2.45) is 0 Å². The Morgan fingerprint density at radius 3 is 2.69 bits per heavy atom. The fourth-order valence-corrected chi connectivity index (χ4v) is 3.26. The number of benzene rings is 2. The van der Waals surface area contributed by atoms with E-state index in [1.54, 1.807) is 7.11 Å². The number of ether oxygens (including phenoxy) is 1. The Labute approximate surface area is 151 Å². The van der Waals surface area contributed by atoms with E-state index in [0.717, 1.165) is 28.8 Å². The van der Waals surface area contributed by atoms with Crippen LogP contribution in [-0.4, -0.2) is 27.5 Å². The lowest BCUT2D eigenvalue weighted by atomic mass is 9.85. The molecule has 0 bridgehead atoms.